The molecule has 2 aromatic heterocycles. The zero-order valence-corrected chi connectivity index (χ0v) is 19.1. The van der Waals surface area contributed by atoms with Crippen LogP contribution in [0.3, 0.4) is 0 Å². The molecule has 0 bridgehead atoms. The lowest BCUT2D eigenvalue weighted by Crippen LogP contribution is -2.27. The zero-order valence-electron chi connectivity index (χ0n) is 18.2. The van der Waals surface area contributed by atoms with Crippen LogP contribution < -0.4 is 15.6 Å². The Morgan fingerprint density at radius 1 is 1.09 bits per heavy atom. The molecule has 0 fully saturated rings. The fraction of sp³-hybridized carbons (Fsp3) is 0.167. The lowest BCUT2D eigenvalue weighted by atomic mass is 10.1. The van der Waals surface area contributed by atoms with Crippen LogP contribution in [0.5, 0.6) is 5.75 Å². The Morgan fingerprint density at radius 3 is 2.55 bits per heavy atom. The molecule has 0 spiro atoms. The van der Waals surface area contributed by atoms with E-state index in [4.69, 9.17) is 9.47 Å². The maximum Gasteiger partial charge on any atom is 0.337 e. The third-order valence-corrected chi connectivity index (χ3v) is 6.29. The zero-order chi connectivity index (χ0) is 23.5. The third kappa shape index (κ3) is 4.63. The van der Waals surface area contributed by atoms with Gasteiger partial charge in [-0.15, -0.1) is 11.3 Å². The van der Waals surface area contributed by atoms with Crippen molar-refractivity contribution in [2.75, 3.05) is 19.5 Å². The summed E-state index contributed by atoms with van der Waals surface area (Å²) in [7, 11) is 2.90. The Morgan fingerprint density at radius 2 is 1.85 bits per heavy atom. The number of hydrogen-bond donors (Lipinski definition) is 1. The Balaban J connectivity index is 1.56. The molecule has 0 aliphatic heterocycles. The van der Waals surface area contributed by atoms with Gasteiger partial charge in [0.25, 0.3) is 5.56 Å². The largest absolute Gasteiger partial charge is 0.497 e. The summed E-state index contributed by atoms with van der Waals surface area (Å²) >= 11 is 1.33. The second-order valence-corrected chi connectivity index (χ2v) is 8.35. The SMILES string of the molecule is COC(=O)c1ccc(C)c(NC(=O)Cn2cnc3cc(-c4ccc(OC)cc4)sc3c2=O)c1. The molecule has 4 rings (SSSR count). The van der Waals surface area contributed by atoms with Gasteiger partial charge in [0, 0.05) is 10.6 Å². The molecule has 0 aliphatic rings. The number of carbonyl (C=O) groups is 2. The lowest BCUT2D eigenvalue weighted by molar-refractivity contribution is -0.116. The predicted molar refractivity (Wildman–Crippen MR) is 127 cm³/mol. The van der Waals surface area contributed by atoms with E-state index >= 15 is 0 Å². The van der Waals surface area contributed by atoms with Gasteiger partial charge in [0.2, 0.25) is 5.91 Å². The number of ether oxygens (including phenoxy) is 2. The van der Waals surface area contributed by atoms with E-state index in [1.807, 2.05) is 37.3 Å². The molecule has 9 heteroatoms. The number of hydrogen-bond acceptors (Lipinski definition) is 7. The molecule has 0 saturated carbocycles. The minimum Gasteiger partial charge on any atom is -0.497 e. The van der Waals surface area contributed by atoms with Crippen LogP contribution in [-0.4, -0.2) is 35.6 Å². The standard InChI is InChI=1S/C24H21N3O5S/c1-14-4-5-16(24(30)32-3)10-18(14)26-21(28)12-27-13-25-19-11-20(33-22(19)23(27)29)15-6-8-17(31-2)9-7-15/h4-11,13H,12H2,1-3H3,(H,26,28). The highest BCUT2D eigenvalue weighted by Crippen LogP contribution is 2.31. The molecule has 2 heterocycles. The molecule has 2 aromatic carbocycles. The van der Waals surface area contributed by atoms with Crippen molar-refractivity contribution in [1.82, 2.24) is 9.55 Å². The Labute approximate surface area is 193 Å². The summed E-state index contributed by atoms with van der Waals surface area (Å²) in [5, 5.41) is 2.75. The molecule has 33 heavy (non-hydrogen) atoms. The number of esters is 1. The van der Waals surface area contributed by atoms with E-state index in [9.17, 15) is 14.4 Å². The van der Waals surface area contributed by atoms with Gasteiger partial charge in [-0.05, 0) is 60.5 Å². The van der Waals surface area contributed by atoms with Gasteiger partial charge in [0.15, 0.2) is 0 Å². The monoisotopic (exact) mass is 463 g/mol. The number of nitrogens with one attached hydrogen (secondary N) is 1. The number of methoxy groups -OCH3 is 2. The van der Waals surface area contributed by atoms with Crippen molar-refractivity contribution in [1.29, 1.82) is 0 Å². The lowest BCUT2D eigenvalue weighted by Gasteiger charge is -2.11. The Hall–Kier alpha value is -3.98. The molecule has 0 saturated heterocycles. The second-order valence-electron chi connectivity index (χ2n) is 7.30. The molecule has 0 atom stereocenters. The molecule has 8 nitrogen and oxygen atoms in total. The highest BCUT2D eigenvalue weighted by molar-refractivity contribution is 7.22. The van der Waals surface area contributed by atoms with Gasteiger partial charge >= 0.3 is 5.97 Å². The van der Waals surface area contributed by atoms with Gasteiger partial charge in [0.1, 0.15) is 17.0 Å². The van der Waals surface area contributed by atoms with Crippen molar-refractivity contribution >= 4 is 39.1 Å². The highest BCUT2D eigenvalue weighted by atomic mass is 32.1. The van der Waals surface area contributed by atoms with Gasteiger partial charge in [-0.1, -0.05) is 6.07 Å². The first-order valence-electron chi connectivity index (χ1n) is 10.0. The van der Waals surface area contributed by atoms with Crippen LogP contribution in [0, 0.1) is 6.92 Å². The van der Waals surface area contributed by atoms with Crippen LogP contribution in [0.2, 0.25) is 0 Å². The fourth-order valence-corrected chi connectivity index (χ4v) is 4.37. The maximum absolute atomic E-state index is 13.0. The van der Waals surface area contributed by atoms with Gasteiger partial charge in [0.05, 0.1) is 31.6 Å². The van der Waals surface area contributed by atoms with Crippen molar-refractivity contribution in [3.8, 4) is 16.2 Å². The number of nitrogens with zero attached hydrogens (tertiary/aromatic N) is 2. The molecule has 4 aromatic rings. The second kappa shape index (κ2) is 9.25. The number of aryl methyl sites for hydroxylation is 1. The number of rotatable bonds is 6. The average molecular weight is 464 g/mol. The first-order valence-corrected chi connectivity index (χ1v) is 10.8. The van der Waals surface area contributed by atoms with E-state index in [0.717, 1.165) is 21.8 Å². The minimum absolute atomic E-state index is 0.209. The van der Waals surface area contributed by atoms with Crippen molar-refractivity contribution in [3.05, 3.63) is 76.3 Å². The van der Waals surface area contributed by atoms with Gasteiger partial charge in [-0.25, -0.2) is 9.78 Å². The quantitative estimate of drug-likeness (QED) is 0.436. The van der Waals surface area contributed by atoms with Crippen molar-refractivity contribution in [2.24, 2.45) is 0 Å². The smallest absolute Gasteiger partial charge is 0.337 e. The van der Waals surface area contributed by atoms with Gasteiger partial charge in [-0.3, -0.25) is 14.2 Å². The van der Waals surface area contributed by atoms with E-state index in [2.05, 4.69) is 10.3 Å². The van der Waals surface area contributed by atoms with E-state index in [1.54, 1.807) is 25.3 Å². The summed E-state index contributed by atoms with van der Waals surface area (Å²) in [4.78, 5) is 42.6. The summed E-state index contributed by atoms with van der Waals surface area (Å²) in [6, 6.07) is 14.3. The predicted octanol–water partition coefficient (Wildman–Crippen LogP) is 3.87. The number of anilines is 1. The summed E-state index contributed by atoms with van der Waals surface area (Å²) in [6.45, 7) is 1.60. The number of fused-ring (bicyclic) bond motifs is 1. The first-order chi connectivity index (χ1) is 15.9. The third-order valence-electron chi connectivity index (χ3n) is 5.13. The number of amides is 1. The average Bonchev–Trinajstić information content (AvgIpc) is 3.27. The van der Waals surface area contributed by atoms with E-state index in [1.165, 1.54) is 29.3 Å². The number of aromatic nitrogens is 2. The number of thiophene rings is 1. The Kier molecular flexibility index (Phi) is 6.23. The van der Waals surface area contributed by atoms with Crippen LogP contribution in [-0.2, 0) is 16.1 Å². The molecule has 168 valence electrons. The topological polar surface area (TPSA) is 99.5 Å². The fourth-order valence-electron chi connectivity index (χ4n) is 3.30. The normalized spacial score (nSPS) is 10.8. The molecule has 1 N–H and O–H groups in total. The summed E-state index contributed by atoms with van der Waals surface area (Å²) in [6.07, 6.45) is 1.37. The van der Waals surface area contributed by atoms with E-state index in [0.29, 0.717) is 21.5 Å². The molecule has 0 aliphatic carbocycles. The van der Waals surface area contributed by atoms with Crippen molar-refractivity contribution < 1.29 is 19.1 Å². The summed E-state index contributed by atoms with van der Waals surface area (Å²) < 4.78 is 11.7. The summed E-state index contributed by atoms with van der Waals surface area (Å²) in [5.41, 5.74) is 2.81. The van der Waals surface area contributed by atoms with Crippen LogP contribution in [0.1, 0.15) is 15.9 Å². The maximum atomic E-state index is 13.0. The Bertz CT molecular complexity index is 1410. The number of benzene rings is 2. The van der Waals surface area contributed by atoms with E-state index in [-0.39, 0.29) is 12.1 Å². The molecule has 0 unspecified atom stereocenters. The summed E-state index contributed by atoms with van der Waals surface area (Å²) in [5.74, 6) is -0.157. The van der Waals surface area contributed by atoms with Crippen molar-refractivity contribution in [2.45, 2.75) is 13.5 Å². The van der Waals surface area contributed by atoms with Crippen LogP contribution in [0.15, 0.2) is 59.7 Å². The molecule has 1 amide bonds. The molecular formula is C24H21N3O5S. The minimum atomic E-state index is -0.498. The van der Waals surface area contributed by atoms with Crippen LogP contribution in [0.25, 0.3) is 20.7 Å². The van der Waals surface area contributed by atoms with E-state index < -0.39 is 11.9 Å². The van der Waals surface area contributed by atoms with Crippen LogP contribution >= 0.6 is 11.3 Å². The molecule has 0 radical (unpaired) electrons. The number of carbonyl (C=O) groups excluding carboxylic acids is 2. The van der Waals surface area contributed by atoms with Crippen molar-refractivity contribution in [3.63, 3.8) is 0 Å². The first kappa shape index (κ1) is 22.2. The van der Waals surface area contributed by atoms with Gasteiger partial charge < -0.3 is 14.8 Å². The molecular weight excluding hydrogens is 442 g/mol. The highest BCUT2D eigenvalue weighted by Gasteiger charge is 2.14. The van der Waals surface area contributed by atoms with Gasteiger partial charge in [-0.2, -0.15) is 0 Å². The van der Waals surface area contributed by atoms with Crippen LogP contribution in [0.4, 0.5) is 5.69 Å².